The van der Waals surface area contributed by atoms with Crippen LogP contribution in [0, 0.1) is 0 Å². The van der Waals surface area contributed by atoms with Gasteiger partial charge in [-0.15, -0.1) is 0 Å². The van der Waals surface area contributed by atoms with Crippen molar-refractivity contribution in [2.24, 2.45) is 0 Å². The molecule has 2 N–H and O–H groups in total. The monoisotopic (exact) mass is 445 g/mol. The molecule has 1 aliphatic heterocycles. The number of rotatable bonds is 11. The Morgan fingerprint density at radius 2 is 1.97 bits per heavy atom. The molecule has 1 aromatic heterocycles. The quantitative estimate of drug-likeness (QED) is 0.545. The number of ether oxygens (including phenoxy) is 3. The molecule has 2 heterocycles. The third-order valence-electron chi connectivity index (χ3n) is 5.23. The first-order chi connectivity index (χ1) is 15.6. The molecule has 174 valence electrons. The van der Waals surface area contributed by atoms with Crippen LogP contribution in [0.4, 0.5) is 0 Å². The summed E-state index contributed by atoms with van der Waals surface area (Å²) in [5.74, 6) is 1.10. The van der Waals surface area contributed by atoms with E-state index in [9.17, 15) is 9.59 Å². The van der Waals surface area contributed by atoms with E-state index in [4.69, 9.17) is 18.6 Å². The van der Waals surface area contributed by atoms with Crippen LogP contribution in [0.1, 0.15) is 35.5 Å². The predicted octanol–water partition coefficient (Wildman–Crippen LogP) is 2.00. The van der Waals surface area contributed by atoms with Crippen LogP contribution in [-0.2, 0) is 9.53 Å². The standard InChI is InChI=1S/C23H31N3O6/c1-3-31-19-7-6-17(15-21(19)29-2)18(26-10-13-30-14-11-26)16-25-22(27)8-9-24-23(28)20-5-4-12-32-20/h4-7,12,15,18H,3,8-11,13-14,16H2,1-2H3,(H,24,28)(H,25,27)/t18-/m0/s1. The molecule has 0 spiro atoms. The minimum absolute atomic E-state index is 0.0369. The molecular weight excluding hydrogens is 414 g/mol. The number of morpholine rings is 1. The van der Waals surface area contributed by atoms with Crippen molar-refractivity contribution >= 4 is 11.8 Å². The second-order valence-corrected chi connectivity index (χ2v) is 7.29. The molecule has 32 heavy (non-hydrogen) atoms. The molecule has 0 radical (unpaired) electrons. The van der Waals surface area contributed by atoms with Crippen molar-refractivity contribution in [1.29, 1.82) is 0 Å². The zero-order valence-electron chi connectivity index (χ0n) is 18.6. The minimum atomic E-state index is -0.338. The van der Waals surface area contributed by atoms with Crippen molar-refractivity contribution < 1.29 is 28.2 Å². The summed E-state index contributed by atoms with van der Waals surface area (Å²) in [5, 5.41) is 5.68. The molecule has 9 heteroatoms. The molecule has 1 fully saturated rings. The van der Waals surface area contributed by atoms with Gasteiger partial charge in [0.25, 0.3) is 5.91 Å². The first-order valence-corrected chi connectivity index (χ1v) is 10.8. The van der Waals surface area contributed by atoms with Crippen molar-refractivity contribution in [1.82, 2.24) is 15.5 Å². The lowest BCUT2D eigenvalue weighted by Gasteiger charge is -2.35. The number of carbonyl (C=O) groups is 2. The Bertz CT molecular complexity index is 865. The van der Waals surface area contributed by atoms with E-state index in [1.807, 2.05) is 25.1 Å². The summed E-state index contributed by atoms with van der Waals surface area (Å²) < 4.78 is 21.7. The summed E-state index contributed by atoms with van der Waals surface area (Å²) in [4.78, 5) is 26.6. The first kappa shape index (κ1) is 23.6. The Kier molecular flexibility index (Phi) is 8.94. The van der Waals surface area contributed by atoms with E-state index in [1.165, 1.54) is 6.26 Å². The fourth-order valence-corrected chi connectivity index (χ4v) is 3.60. The Labute approximate surface area is 188 Å². The number of amides is 2. The molecule has 0 aliphatic carbocycles. The van der Waals surface area contributed by atoms with Crippen LogP contribution >= 0.6 is 0 Å². The summed E-state index contributed by atoms with van der Waals surface area (Å²) in [6.45, 7) is 5.98. The molecular formula is C23H31N3O6. The van der Waals surface area contributed by atoms with Crippen LogP contribution in [0.5, 0.6) is 11.5 Å². The first-order valence-electron chi connectivity index (χ1n) is 10.8. The second kappa shape index (κ2) is 12.1. The van der Waals surface area contributed by atoms with Gasteiger partial charge in [-0.05, 0) is 36.8 Å². The summed E-state index contributed by atoms with van der Waals surface area (Å²) >= 11 is 0. The van der Waals surface area contributed by atoms with Gasteiger partial charge >= 0.3 is 0 Å². The lowest BCUT2D eigenvalue weighted by atomic mass is 10.0. The van der Waals surface area contributed by atoms with E-state index >= 15 is 0 Å². The van der Waals surface area contributed by atoms with Gasteiger partial charge in [0.05, 0.1) is 39.2 Å². The maximum Gasteiger partial charge on any atom is 0.286 e. The number of methoxy groups -OCH3 is 1. The van der Waals surface area contributed by atoms with E-state index in [-0.39, 0.29) is 36.6 Å². The molecule has 2 amide bonds. The fourth-order valence-electron chi connectivity index (χ4n) is 3.60. The van der Waals surface area contributed by atoms with Crippen molar-refractivity contribution in [3.8, 4) is 11.5 Å². The Balaban J connectivity index is 1.59. The number of carbonyl (C=O) groups excluding carboxylic acids is 2. The second-order valence-electron chi connectivity index (χ2n) is 7.29. The van der Waals surface area contributed by atoms with Gasteiger partial charge in [-0.25, -0.2) is 0 Å². The lowest BCUT2D eigenvalue weighted by Crippen LogP contribution is -2.44. The van der Waals surface area contributed by atoms with Crippen molar-refractivity contribution in [2.75, 3.05) is 53.1 Å². The molecule has 0 bridgehead atoms. The van der Waals surface area contributed by atoms with Gasteiger partial charge in [0.1, 0.15) is 0 Å². The normalized spacial score (nSPS) is 15.1. The zero-order chi connectivity index (χ0) is 22.8. The van der Waals surface area contributed by atoms with Crippen molar-refractivity contribution in [3.63, 3.8) is 0 Å². The number of nitrogens with zero attached hydrogens (tertiary/aromatic N) is 1. The summed E-state index contributed by atoms with van der Waals surface area (Å²) in [5.41, 5.74) is 1.03. The van der Waals surface area contributed by atoms with Crippen LogP contribution in [0.2, 0.25) is 0 Å². The van der Waals surface area contributed by atoms with Crippen LogP contribution in [-0.4, -0.2) is 69.8 Å². The van der Waals surface area contributed by atoms with E-state index < -0.39 is 0 Å². The number of hydrogen-bond acceptors (Lipinski definition) is 7. The molecule has 1 aromatic carbocycles. The van der Waals surface area contributed by atoms with Gasteiger partial charge in [-0.2, -0.15) is 0 Å². The third kappa shape index (κ3) is 6.48. The van der Waals surface area contributed by atoms with Gasteiger partial charge in [0.2, 0.25) is 5.91 Å². The Morgan fingerprint density at radius 1 is 1.16 bits per heavy atom. The highest BCUT2D eigenvalue weighted by atomic mass is 16.5. The summed E-state index contributed by atoms with van der Waals surface area (Å²) in [7, 11) is 1.62. The van der Waals surface area contributed by atoms with E-state index in [1.54, 1.807) is 19.2 Å². The van der Waals surface area contributed by atoms with Crippen LogP contribution in [0.15, 0.2) is 41.0 Å². The lowest BCUT2D eigenvalue weighted by molar-refractivity contribution is -0.121. The number of benzene rings is 1. The summed E-state index contributed by atoms with van der Waals surface area (Å²) in [6.07, 6.45) is 1.61. The van der Waals surface area contributed by atoms with E-state index in [0.717, 1.165) is 18.7 Å². The predicted molar refractivity (Wildman–Crippen MR) is 118 cm³/mol. The van der Waals surface area contributed by atoms with Gasteiger partial charge in [0.15, 0.2) is 17.3 Å². The SMILES string of the molecule is CCOc1ccc([C@H](CNC(=O)CCNC(=O)c2ccco2)N2CCOCC2)cc1OC. The third-order valence-corrected chi connectivity index (χ3v) is 5.23. The Morgan fingerprint density at radius 3 is 2.66 bits per heavy atom. The topological polar surface area (TPSA) is 102 Å². The van der Waals surface area contributed by atoms with Crippen LogP contribution in [0.25, 0.3) is 0 Å². The minimum Gasteiger partial charge on any atom is -0.493 e. The smallest absolute Gasteiger partial charge is 0.286 e. The molecule has 0 saturated carbocycles. The average molecular weight is 446 g/mol. The van der Waals surface area contributed by atoms with Crippen molar-refractivity contribution in [2.45, 2.75) is 19.4 Å². The molecule has 9 nitrogen and oxygen atoms in total. The molecule has 3 rings (SSSR count). The largest absolute Gasteiger partial charge is 0.493 e. The molecule has 1 saturated heterocycles. The molecule has 0 unspecified atom stereocenters. The number of hydrogen-bond donors (Lipinski definition) is 2. The maximum absolute atomic E-state index is 12.4. The number of furan rings is 1. The molecule has 2 aromatic rings. The molecule has 1 aliphatic rings. The van der Waals surface area contributed by atoms with Gasteiger partial charge in [-0.1, -0.05) is 6.07 Å². The van der Waals surface area contributed by atoms with E-state index in [2.05, 4.69) is 15.5 Å². The maximum atomic E-state index is 12.4. The molecule has 1 atom stereocenters. The highest BCUT2D eigenvalue weighted by molar-refractivity contribution is 5.91. The average Bonchev–Trinajstić information content (AvgIpc) is 3.36. The number of nitrogens with one attached hydrogen (secondary N) is 2. The van der Waals surface area contributed by atoms with Gasteiger partial charge < -0.3 is 29.3 Å². The highest BCUT2D eigenvalue weighted by Gasteiger charge is 2.24. The van der Waals surface area contributed by atoms with Crippen LogP contribution in [0.3, 0.4) is 0 Å². The Hall–Kier alpha value is -3.04. The van der Waals surface area contributed by atoms with Gasteiger partial charge in [-0.3, -0.25) is 14.5 Å². The van der Waals surface area contributed by atoms with Gasteiger partial charge in [0, 0.05) is 32.6 Å². The summed E-state index contributed by atoms with van der Waals surface area (Å²) in [6, 6.07) is 9.04. The zero-order valence-corrected chi connectivity index (χ0v) is 18.6. The van der Waals surface area contributed by atoms with E-state index in [0.29, 0.717) is 37.9 Å². The van der Waals surface area contributed by atoms with Crippen molar-refractivity contribution in [3.05, 3.63) is 47.9 Å². The highest BCUT2D eigenvalue weighted by Crippen LogP contribution is 2.32. The van der Waals surface area contributed by atoms with Crippen LogP contribution < -0.4 is 20.1 Å². The fraction of sp³-hybridized carbons (Fsp3) is 0.478.